The van der Waals surface area contributed by atoms with Gasteiger partial charge in [0.1, 0.15) is 11.6 Å². The monoisotopic (exact) mass is 280 g/mol. The molecule has 106 valence electrons. The smallest absolute Gasteiger partial charge is 0.224 e. The third-order valence-corrected chi connectivity index (χ3v) is 3.08. The number of nitrogens with zero attached hydrogens (tertiary/aromatic N) is 2. The van der Waals surface area contributed by atoms with Crippen molar-refractivity contribution in [1.29, 1.82) is 0 Å². The van der Waals surface area contributed by atoms with Crippen molar-refractivity contribution >= 4 is 11.8 Å². The molecule has 4 heteroatoms. The van der Waals surface area contributed by atoms with E-state index in [0.29, 0.717) is 12.1 Å². The van der Waals surface area contributed by atoms with Crippen LogP contribution in [0.4, 0.5) is 0 Å². The van der Waals surface area contributed by atoms with Crippen molar-refractivity contribution in [1.82, 2.24) is 9.88 Å². The van der Waals surface area contributed by atoms with Gasteiger partial charge in [0.25, 0.3) is 0 Å². The first-order chi connectivity index (χ1) is 10.2. The van der Waals surface area contributed by atoms with Gasteiger partial charge in [-0.1, -0.05) is 36.4 Å². The standard InChI is InChI=1S/C17H16N2O2/c1-14(21)19(12-16-9-5-6-10-18-16)17(13-20)11-15-7-3-2-4-8-15/h2-10H,11-12H2,1H3. The molecule has 0 N–H and O–H groups in total. The number of pyridine rings is 1. The molecule has 1 amide bonds. The zero-order valence-corrected chi connectivity index (χ0v) is 11.8. The summed E-state index contributed by atoms with van der Waals surface area (Å²) in [6.45, 7) is 1.71. The molecule has 2 aromatic rings. The van der Waals surface area contributed by atoms with E-state index in [4.69, 9.17) is 0 Å². The van der Waals surface area contributed by atoms with E-state index < -0.39 is 0 Å². The maximum Gasteiger partial charge on any atom is 0.224 e. The highest BCUT2D eigenvalue weighted by molar-refractivity contribution is 5.78. The third kappa shape index (κ3) is 4.13. The summed E-state index contributed by atoms with van der Waals surface area (Å²) in [6.07, 6.45) is 2.03. The minimum atomic E-state index is -0.199. The summed E-state index contributed by atoms with van der Waals surface area (Å²) >= 11 is 0. The molecule has 0 bridgehead atoms. The van der Waals surface area contributed by atoms with Crippen LogP contribution in [0, 0.1) is 0 Å². The van der Waals surface area contributed by atoms with E-state index in [2.05, 4.69) is 4.98 Å². The highest BCUT2D eigenvalue weighted by Gasteiger charge is 2.17. The molecular weight excluding hydrogens is 264 g/mol. The SMILES string of the molecule is CC(=O)N(Cc1ccccn1)C(=C=O)Cc1ccccc1. The largest absolute Gasteiger partial charge is 0.300 e. The van der Waals surface area contributed by atoms with E-state index in [9.17, 15) is 9.59 Å². The fourth-order valence-electron chi connectivity index (χ4n) is 2.03. The quantitative estimate of drug-likeness (QED) is 0.790. The Bertz CT molecular complexity index is 647. The molecule has 1 aromatic carbocycles. The molecule has 0 saturated carbocycles. The third-order valence-electron chi connectivity index (χ3n) is 3.08. The Hall–Kier alpha value is -2.71. The summed E-state index contributed by atoms with van der Waals surface area (Å²) in [6, 6.07) is 15.0. The Labute approximate surface area is 123 Å². The molecule has 0 radical (unpaired) electrons. The van der Waals surface area contributed by atoms with Crippen molar-refractivity contribution in [3.8, 4) is 0 Å². The first-order valence-corrected chi connectivity index (χ1v) is 6.66. The maximum absolute atomic E-state index is 11.8. The number of carbonyl (C=O) groups is 1. The molecule has 0 saturated heterocycles. The number of hydrogen-bond donors (Lipinski definition) is 0. The van der Waals surface area contributed by atoms with Crippen molar-refractivity contribution in [2.45, 2.75) is 19.9 Å². The highest BCUT2D eigenvalue weighted by atomic mass is 16.2. The van der Waals surface area contributed by atoms with E-state index in [1.54, 1.807) is 6.20 Å². The van der Waals surface area contributed by atoms with Crippen LogP contribution >= 0.6 is 0 Å². The predicted molar refractivity (Wildman–Crippen MR) is 79.8 cm³/mol. The molecular formula is C17H16N2O2. The van der Waals surface area contributed by atoms with Gasteiger partial charge in [-0.3, -0.25) is 9.78 Å². The summed E-state index contributed by atoms with van der Waals surface area (Å²) in [7, 11) is 0. The van der Waals surface area contributed by atoms with Gasteiger partial charge >= 0.3 is 0 Å². The summed E-state index contributed by atoms with van der Waals surface area (Å²) in [5, 5.41) is 0. The zero-order valence-electron chi connectivity index (χ0n) is 11.8. The van der Waals surface area contributed by atoms with Crippen LogP contribution in [-0.4, -0.2) is 21.7 Å². The van der Waals surface area contributed by atoms with Crippen LogP contribution in [0.15, 0.2) is 60.4 Å². The molecule has 1 aromatic heterocycles. The van der Waals surface area contributed by atoms with Crippen molar-refractivity contribution < 1.29 is 9.59 Å². The van der Waals surface area contributed by atoms with E-state index >= 15 is 0 Å². The van der Waals surface area contributed by atoms with E-state index in [-0.39, 0.29) is 12.5 Å². The lowest BCUT2D eigenvalue weighted by Crippen LogP contribution is -2.29. The average Bonchev–Trinajstić information content (AvgIpc) is 2.52. The predicted octanol–water partition coefficient (Wildman–Crippen LogP) is 2.39. The number of amides is 1. The molecule has 2 rings (SSSR count). The minimum Gasteiger partial charge on any atom is -0.300 e. The van der Waals surface area contributed by atoms with Crippen molar-refractivity contribution in [3.63, 3.8) is 0 Å². The second kappa shape index (κ2) is 7.17. The van der Waals surface area contributed by atoms with Crippen LogP contribution in [0.2, 0.25) is 0 Å². The normalized spacial score (nSPS) is 9.76. The van der Waals surface area contributed by atoms with Gasteiger partial charge in [0.15, 0.2) is 0 Å². The van der Waals surface area contributed by atoms with Crippen molar-refractivity contribution in [3.05, 3.63) is 71.7 Å². The molecule has 1 heterocycles. The number of carbonyl (C=O) groups excluding carboxylic acids is 2. The summed E-state index contributed by atoms with van der Waals surface area (Å²) in [4.78, 5) is 28.7. The maximum atomic E-state index is 11.8. The van der Waals surface area contributed by atoms with E-state index in [1.165, 1.54) is 11.8 Å². The van der Waals surface area contributed by atoms with Crippen LogP contribution in [0.3, 0.4) is 0 Å². The zero-order chi connectivity index (χ0) is 15.1. The Morgan fingerprint density at radius 1 is 1.14 bits per heavy atom. The van der Waals surface area contributed by atoms with Gasteiger partial charge < -0.3 is 4.90 Å². The minimum absolute atomic E-state index is 0.199. The van der Waals surface area contributed by atoms with E-state index in [0.717, 1.165) is 11.3 Å². The Kier molecular flexibility index (Phi) is 5.02. The fourth-order valence-corrected chi connectivity index (χ4v) is 2.03. The number of rotatable bonds is 5. The second-order valence-corrected chi connectivity index (χ2v) is 4.64. The molecule has 0 aliphatic carbocycles. The molecule has 0 spiro atoms. The first-order valence-electron chi connectivity index (χ1n) is 6.66. The number of allylic oxidation sites excluding steroid dienone is 1. The summed E-state index contributed by atoms with van der Waals surface area (Å²) in [5.74, 6) is 1.70. The van der Waals surface area contributed by atoms with Gasteiger partial charge in [0.05, 0.1) is 12.2 Å². The van der Waals surface area contributed by atoms with Gasteiger partial charge in [0.2, 0.25) is 5.91 Å². The topological polar surface area (TPSA) is 50.3 Å². The average molecular weight is 280 g/mol. The van der Waals surface area contributed by atoms with Gasteiger partial charge in [-0.15, -0.1) is 0 Å². The van der Waals surface area contributed by atoms with Crippen molar-refractivity contribution in [2.75, 3.05) is 0 Å². The highest BCUT2D eigenvalue weighted by Crippen LogP contribution is 2.13. The molecule has 21 heavy (non-hydrogen) atoms. The number of hydrogen-bond acceptors (Lipinski definition) is 3. The molecule has 0 aliphatic heterocycles. The van der Waals surface area contributed by atoms with Crippen LogP contribution in [0.1, 0.15) is 18.2 Å². The molecule has 0 unspecified atom stereocenters. The first kappa shape index (κ1) is 14.7. The van der Waals surface area contributed by atoms with E-state index in [1.807, 2.05) is 54.5 Å². The fraction of sp³-hybridized carbons (Fsp3) is 0.176. The molecule has 0 fully saturated rings. The lowest BCUT2D eigenvalue weighted by Gasteiger charge is -2.21. The van der Waals surface area contributed by atoms with Crippen LogP contribution in [0.5, 0.6) is 0 Å². The van der Waals surface area contributed by atoms with Crippen LogP contribution in [-0.2, 0) is 22.6 Å². The lowest BCUT2D eigenvalue weighted by atomic mass is 10.1. The van der Waals surface area contributed by atoms with Crippen molar-refractivity contribution in [2.24, 2.45) is 0 Å². The van der Waals surface area contributed by atoms with Gasteiger partial charge in [-0.25, -0.2) is 4.79 Å². The summed E-state index contributed by atoms with van der Waals surface area (Å²) < 4.78 is 0. The molecule has 0 aliphatic rings. The Morgan fingerprint density at radius 2 is 1.86 bits per heavy atom. The molecule has 0 atom stereocenters. The summed E-state index contributed by atoms with van der Waals surface area (Å²) in [5.41, 5.74) is 2.01. The van der Waals surface area contributed by atoms with Gasteiger partial charge in [-0.05, 0) is 17.7 Å². The number of aromatic nitrogens is 1. The Balaban J connectivity index is 2.20. The van der Waals surface area contributed by atoms with Crippen LogP contribution in [0.25, 0.3) is 0 Å². The number of benzene rings is 1. The second-order valence-electron chi connectivity index (χ2n) is 4.64. The van der Waals surface area contributed by atoms with Gasteiger partial charge in [-0.2, -0.15) is 0 Å². The van der Waals surface area contributed by atoms with Gasteiger partial charge in [0, 0.05) is 19.5 Å². The molecule has 4 nitrogen and oxygen atoms in total. The van der Waals surface area contributed by atoms with Crippen LogP contribution < -0.4 is 0 Å². The lowest BCUT2D eigenvalue weighted by molar-refractivity contribution is -0.127. The Morgan fingerprint density at radius 3 is 2.43 bits per heavy atom.